The first-order chi connectivity index (χ1) is 9.04. The summed E-state index contributed by atoms with van der Waals surface area (Å²) in [6.45, 7) is 2.42. The second-order valence-corrected chi connectivity index (χ2v) is 4.24. The molecular weight excluding hydrogens is 246 g/mol. The Morgan fingerprint density at radius 1 is 1.53 bits per heavy atom. The van der Waals surface area contributed by atoms with Gasteiger partial charge in [0.1, 0.15) is 17.5 Å². The summed E-state index contributed by atoms with van der Waals surface area (Å²) in [5, 5.41) is 0. The summed E-state index contributed by atoms with van der Waals surface area (Å²) in [6.07, 6.45) is 4.35. The minimum Gasteiger partial charge on any atom is -0.464 e. The van der Waals surface area contributed by atoms with Crippen molar-refractivity contribution in [2.24, 2.45) is 7.05 Å². The molecule has 0 bridgehead atoms. The molecule has 102 valence electrons. The van der Waals surface area contributed by atoms with Gasteiger partial charge in [-0.3, -0.25) is 0 Å². The molecule has 7 nitrogen and oxygen atoms in total. The molecule has 0 saturated heterocycles. The van der Waals surface area contributed by atoms with Gasteiger partial charge in [0.25, 0.3) is 0 Å². The summed E-state index contributed by atoms with van der Waals surface area (Å²) in [5.74, 6) is 1.45. The Morgan fingerprint density at radius 3 is 2.84 bits per heavy atom. The van der Waals surface area contributed by atoms with Crippen molar-refractivity contribution in [3.05, 3.63) is 29.7 Å². The maximum atomic E-state index is 11.5. The molecule has 0 aliphatic rings. The second-order valence-electron chi connectivity index (χ2n) is 4.24. The highest BCUT2D eigenvalue weighted by Gasteiger charge is 2.19. The van der Waals surface area contributed by atoms with Gasteiger partial charge in [0.15, 0.2) is 5.69 Å². The number of aromatic nitrogens is 4. The van der Waals surface area contributed by atoms with Crippen molar-refractivity contribution in [1.82, 2.24) is 19.1 Å². The van der Waals surface area contributed by atoms with Crippen molar-refractivity contribution >= 4 is 11.8 Å². The fourth-order valence-corrected chi connectivity index (χ4v) is 1.96. The number of carbonyl (C=O) groups is 1. The van der Waals surface area contributed by atoms with Crippen molar-refractivity contribution in [3.8, 4) is 0 Å². The molecular formula is C12H17N5O2. The van der Waals surface area contributed by atoms with Gasteiger partial charge in [-0.2, -0.15) is 0 Å². The van der Waals surface area contributed by atoms with Crippen molar-refractivity contribution in [2.45, 2.75) is 19.9 Å². The molecule has 7 heteroatoms. The van der Waals surface area contributed by atoms with E-state index in [-0.39, 0.29) is 5.69 Å². The quantitative estimate of drug-likeness (QED) is 0.813. The molecule has 0 amide bonds. The van der Waals surface area contributed by atoms with E-state index < -0.39 is 5.97 Å². The maximum Gasteiger partial charge on any atom is 0.360 e. The molecule has 0 aromatic carbocycles. The predicted molar refractivity (Wildman–Crippen MR) is 69.6 cm³/mol. The molecule has 0 atom stereocenters. The summed E-state index contributed by atoms with van der Waals surface area (Å²) in [6, 6.07) is 0. The topological polar surface area (TPSA) is 88.0 Å². The number of hydrogen-bond acceptors (Lipinski definition) is 5. The zero-order valence-corrected chi connectivity index (χ0v) is 11.3. The smallest absolute Gasteiger partial charge is 0.360 e. The van der Waals surface area contributed by atoms with Gasteiger partial charge in [-0.1, -0.05) is 0 Å². The Morgan fingerprint density at radius 2 is 2.26 bits per heavy atom. The maximum absolute atomic E-state index is 11.5. The van der Waals surface area contributed by atoms with E-state index in [1.165, 1.54) is 7.11 Å². The van der Waals surface area contributed by atoms with E-state index in [2.05, 4.69) is 14.7 Å². The average Bonchev–Trinajstić information content (AvgIpc) is 2.91. The summed E-state index contributed by atoms with van der Waals surface area (Å²) in [4.78, 5) is 19.9. The van der Waals surface area contributed by atoms with E-state index in [1.54, 1.807) is 17.7 Å². The summed E-state index contributed by atoms with van der Waals surface area (Å²) in [7, 11) is 3.25. The summed E-state index contributed by atoms with van der Waals surface area (Å²) in [5.41, 5.74) is 6.10. The predicted octanol–water partition coefficient (Wildman–Crippen LogP) is 0.537. The molecule has 0 unspecified atom stereocenters. The van der Waals surface area contributed by atoms with Crippen LogP contribution in [0.1, 0.15) is 22.1 Å². The van der Waals surface area contributed by atoms with E-state index in [1.807, 2.05) is 17.8 Å². The van der Waals surface area contributed by atoms with Gasteiger partial charge in [-0.25, -0.2) is 14.8 Å². The van der Waals surface area contributed by atoms with Crippen LogP contribution in [0, 0.1) is 6.92 Å². The van der Waals surface area contributed by atoms with Gasteiger partial charge in [0, 0.05) is 32.4 Å². The summed E-state index contributed by atoms with van der Waals surface area (Å²) < 4.78 is 8.38. The lowest BCUT2D eigenvalue weighted by atomic mass is 10.3. The summed E-state index contributed by atoms with van der Waals surface area (Å²) >= 11 is 0. The lowest BCUT2D eigenvalue weighted by molar-refractivity contribution is 0.0595. The molecule has 2 aromatic heterocycles. The third-order valence-corrected chi connectivity index (χ3v) is 3.06. The number of nitrogen functional groups attached to an aromatic ring is 1. The molecule has 19 heavy (non-hydrogen) atoms. The van der Waals surface area contributed by atoms with Crippen LogP contribution in [0.3, 0.4) is 0 Å². The van der Waals surface area contributed by atoms with Crippen LogP contribution in [0.4, 0.5) is 5.82 Å². The SMILES string of the molecule is COC(=O)c1nc(C)n(CCc2nccn2C)c1N. The van der Waals surface area contributed by atoms with Gasteiger partial charge in [-0.15, -0.1) is 0 Å². The number of anilines is 1. The molecule has 0 radical (unpaired) electrons. The Labute approximate surface area is 111 Å². The van der Waals surface area contributed by atoms with Gasteiger partial charge in [0.05, 0.1) is 7.11 Å². The number of nitrogens with zero attached hydrogens (tertiary/aromatic N) is 4. The molecule has 2 aromatic rings. The zero-order chi connectivity index (χ0) is 14.0. The third kappa shape index (κ3) is 2.44. The number of ether oxygens (including phenoxy) is 1. The third-order valence-electron chi connectivity index (χ3n) is 3.06. The molecule has 2 heterocycles. The standard InChI is InChI=1S/C12H17N5O2/c1-8-15-10(12(18)19-3)11(13)17(8)6-4-9-14-5-7-16(9)2/h5,7H,4,6,13H2,1-3H3. The number of hydrogen-bond donors (Lipinski definition) is 1. The number of aryl methyl sites for hydroxylation is 3. The number of esters is 1. The Hall–Kier alpha value is -2.31. The molecule has 0 saturated carbocycles. The largest absolute Gasteiger partial charge is 0.464 e. The molecule has 2 N–H and O–H groups in total. The lowest BCUT2D eigenvalue weighted by Crippen LogP contribution is -2.11. The van der Waals surface area contributed by atoms with Crippen LogP contribution in [0.5, 0.6) is 0 Å². The van der Waals surface area contributed by atoms with E-state index in [0.29, 0.717) is 24.6 Å². The minimum absolute atomic E-state index is 0.167. The monoisotopic (exact) mass is 263 g/mol. The number of imidazole rings is 2. The van der Waals surface area contributed by atoms with Crippen LogP contribution < -0.4 is 5.73 Å². The molecule has 0 spiro atoms. The van der Waals surface area contributed by atoms with Crippen LogP contribution in [0.25, 0.3) is 0 Å². The van der Waals surface area contributed by atoms with Gasteiger partial charge in [-0.05, 0) is 6.92 Å². The van der Waals surface area contributed by atoms with Crippen LogP contribution in [-0.4, -0.2) is 32.2 Å². The van der Waals surface area contributed by atoms with E-state index in [0.717, 1.165) is 5.82 Å². The van der Waals surface area contributed by atoms with Crippen molar-refractivity contribution in [2.75, 3.05) is 12.8 Å². The number of methoxy groups -OCH3 is 1. The normalized spacial score (nSPS) is 10.7. The first kappa shape index (κ1) is 13.1. The van der Waals surface area contributed by atoms with Gasteiger partial charge in [0.2, 0.25) is 0 Å². The number of carbonyl (C=O) groups excluding carboxylic acids is 1. The zero-order valence-electron chi connectivity index (χ0n) is 11.3. The molecule has 0 fully saturated rings. The highest BCUT2D eigenvalue weighted by molar-refractivity contribution is 5.92. The Kier molecular flexibility index (Phi) is 3.55. The average molecular weight is 263 g/mol. The first-order valence-corrected chi connectivity index (χ1v) is 5.91. The number of rotatable bonds is 4. The second kappa shape index (κ2) is 5.13. The fourth-order valence-electron chi connectivity index (χ4n) is 1.96. The van der Waals surface area contributed by atoms with E-state index >= 15 is 0 Å². The lowest BCUT2D eigenvalue weighted by Gasteiger charge is -2.07. The molecule has 2 rings (SSSR count). The first-order valence-electron chi connectivity index (χ1n) is 5.91. The number of nitrogens with two attached hydrogens (primary N) is 1. The highest BCUT2D eigenvalue weighted by Crippen LogP contribution is 2.15. The van der Waals surface area contributed by atoms with E-state index in [9.17, 15) is 4.79 Å². The van der Waals surface area contributed by atoms with Gasteiger partial charge >= 0.3 is 5.97 Å². The van der Waals surface area contributed by atoms with E-state index in [4.69, 9.17) is 5.73 Å². The van der Waals surface area contributed by atoms with Crippen LogP contribution in [-0.2, 0) is 24.8 Å². The molecule has 0 aliphatic carbocycles. The minimum atomic E-state index is -0.517. The van der Waals surface area contributed by atoms with Crippen LogP contribution in [0.15, 0.2) is 12.4 Å². The van der Waals surface area contributed by atoms with Crippen LogP contribution >= 0.6 is 0 Å². The van der Waals surface area contributed by atoms with Gasteiger partial charge < -0.3 is 19.6 Å². The fraction of sp³-hybridized carbons (Fsp3) is 0.417. The highest BCUT2D eigenvalue weighted by atomic mass is 16.5. The Balaban J connectivity index is 2.19. The Bertz CT molecular complexity index is 599. The van der Waals surface area contributed by atoms with Crippen LogP contribution in [0.2, 0.25) is 0 Å². The van der Waals surface area contributed by atoms with Crippen molar-refractivity contribution in [3.63, 3.8) is 0 Å². The van der Waals surface area contributed by atoms with Crippen molar-refractivity contribution < 1.29 is 9.53 Å². The van der Waals surface area contributed by atoms with Crippen molar-refractivity contribution in [1.29, 1.82) is 0 Å². The molecule has 0 aliphatic heterocycles.